The number of ketones is 1. The van der Waals surface area contributed by atoms with Gasteiger partial charge in [-0.25, -0.2) is 4.98 Å². The molecule has 1 N–H and O–H groups in total. The minimum atomic E-state index is -0.0276. The molecule has 1 aromatic heterocycles. The van der Waals surface area contributed by atoms with Crippen molar-refractivity contribution in [1.29, 1.82) is 0 Å². The molecule has 3 aromatic rings. The molecule has 6 heteroatoms. The molecule has 1 aliphatic carbocycles. The zero-order valence-electron chi connectivity index (χ0n) is 17.0. The maximum Gasteiger partial charge on any atom is 0.261 e. The molecule has 1 fully saturated rings. The van der Waals surface area contributed by atoms with E-state index in [9.17, 15) is 14.4 Å². The molecule has 0 saturated heterocycles. The molecule has 154 valence electrons. The molecule has 0 spiro atoms. The molecule has 0 aliphatic heterocycles. The highest BCUT2D eigenvalue weighted by Gasteiger charge is 2.27. The number of para-hydroxylation sites is 1. The molecule has 0 radical (unpaired) electrons. The van der Waals surface area contributed by atoms with Gasteiger partial charge in [-0.15, -0.1) is 0 Å². The minimum Gasteiger partial charge on any atom is -0.326 e. The highest BCUT2D eigenvalue weighted by atomic mass is 16.2. The van der Waals surface area contributed by atoms with Gasteiger partial charge >= 0.3 is 0 Å². The monoisotopic (exact) mass is 403 g/mol. The van der Waals surface area contributed by atoms with E-state index in [0.717, 1.165) is 31.2 Å². The summed E-state index contributed by atoms with van der Waals surface area (Å²) in [6.45, 7) is 2.16. The van der Waals surface area contributed by atoms with Gasteiger partial charge in [-0.2, -0.15) is 0 Å². The number of benzene rings is 2. The van der Waals surface area contributed by atoms with Crippen LogP contribution >= 0.6 is 0 Å². The van der Waals surface area contributed by atoms with Gasteiger partial charge in [0.1, 0.15) is 0 Å². The second-order valence-corrected chi connectivity index (χ2v) is 8.06. The van der Waals surface area contributed by atoms with Crippen LogP contribution in [-0.4, -0.2) is 21.2 Å². The number of carbonyl (C=O) groups excluding carboxylic acids is 2. The van der Waals surface area contributed by atoms with Gasteiger partial charge in [0.2, 0.25) is 5.91 Å². The van der Waals surface area contributed by atoms with Crippen molar-refractivity contribution in [2.24, 2.45) is 11.8 Å². The summed E-state index contributed by atoms with van der Waals surface area (Å²) in [5.41, 5.74) is 2.05. The number of aromatic nitrogens is 2. The molecule has 1 aliphatic rings. The Morgan fingerprint density at radius 3 is 2.43 bits per heavy atom. The number of hydrogen-bond acceptors (Lipinski definition) is 4. The fourth-order valence-corrected chi connectivity index (χ4v) is 4.15. The number of carbonyl (C=O) groups is 2. The molecule has 4 rings (SSSR count). The van der Waals surface area contributed by atoms with Gasteiger partial charge in [-0.3, -0.25) is 19.0 Å². The molecule has 30 heavy (non-hydrogen) atoms. The first kappa shape index (κ1) is 20.0. The lowest BCUT2D eigenvalue weighted by Crippen LogP contribution is -2.30. The Morgan fingerprint density at radius 2 is 1.73 bits per heavy atom. The predicted octanol–water partition coefficient (Wildman–Crippen LogP) is 4.04. The quantitative estimate of drug-likeness (QED) is 0.652. The summed E-state index contributed by atoms with van der Waals surface area (Å²) in [5, 5.41) is 3.60. The SMILES string of the molecule is CC(=O)c1ccc(NC(=O)C2CCC(Cn3cnc4ccccc4c3=O)CC2)cc1. The van der Waals surface area contributed by atoms with Crippen LogP contribution < -0.4 is 10.9 Å². The standard InChI is InChI=1S/C24H25N3O3/c1-16(28)18-10-12-20(13-11-18)26-23(29)19-8-6-17(7-9-19)14-27-15-25-22-5-3-2-4-21(22)24(27)30/h2-5,10-13,15,17,19H,6-9,14H2,1H3,(H,26,29). The first-order valence-electron chi connectivity index (χ1n) is 10.4. The Labute approximate surface area is 174 Å². The smallest absolute Gasteiger partial charge is 0.261 e. The van der Waals surface area contributed by atoms with E-state index in [2.05, 4.69) is 10.3 Å². The third-order valence-electron chi connectivity index (χ3n) is 5.96. The third-order valence-corrected chi connectivity index (χ3v) is 5.96. The van der Waals surface area contributed by atoms with E-state index in [1.807, 2.05) is 24.3 Å². The number of nitrogens with zero attached hydrogens (tertiary/aromatic N) is 2. The number of Topliss-reactive ketones (excluding diaryl/α,β-unsaturated/α-hetero) is 1. The zero-order chi connectivity index (χ0) is 21.1. The Bertz CT molecular complexity index is 1130. The van der Waals surface area contributed by atoms with E-state index < -0.39 is 0 Å². The highest BCUT2D eigenvalue weighted by molar-refractivity contribution is 5.96. The Morgan fingerprint density at radius 1 is 1.03 bits per heavy atom. The van der Waals surface area contributed by atoms with Crippen LogP contribution in [0.2, 0.25) is 0 Å². The lowest BCUT2D eigenvalue weighted by Gasteiger charge is -2.28. The highest BCUT2D eigenvalue weighted by Crippen LogP contribution is 2.30. The molecule has 1 heterocycles. The molecule has 0 unspecified atom stereocenters. The number of anilines is 1. The van der Waals surface area contributed by atoms with Crippen LogP contribution in [0.25, 0.3) is 10.9 Å². The second-order valence-electron chi connectivity index (χ2n) is 8.06. The van der Waals surface area contributed by atoms with Crippen LogP contribution in [0.1, 0.15) is 43.0 Å². The summed E-state index contributed by atoms with van der Waals surface area (Å²) in [6, 6.07) is 14.4. The van der Waals surface area contributed by atoms with E-state index in [0.29, 0.717) is 29.1 Å². The van der Waals surface area contributed by atoms with Crippen molar-refractivity contribution in [3.63, 3.8) is 0 Å². The topological polar surface area (TPSA) is 81.1 Å². The summed E-state index contributed by atoms with van der Waals surface area (Å²) < 4.78 is 1.70. The van der Waals surface area contributed by atoms with Gasteiger partial charge in [-0.05, 0) is 74.9 Å². The van der Waals surface area contributed by atoms with Gasteiger partial charge in [0, 0.05) is 23.7 Å². The minimum absolute atomic E-state index is 0.00512. The molecule has 6 nitrogen and oxygen atoms in total. The van der Waals surface area contributed by atoms with E-state index in [1.165, 1.54) is 6.92 Å². The first-order valence-corrected chi connectivity index (χ1v) is 10.4. The second kappa shape index (κ2) is 8.61. The fraction of sp³-hybridized carbons (Fsp3) is 0.333. The Balaban J connectivity index is 1.33. The van der Waals surface area contributed by atoms with Crippen LogP contribution in [-0.2, 0) is 11.3 Å². The predicted molar refractivity (Wildman–Crippen MR) is 117 cm³/mol. The van der Waals surface area contributed by atoms with Gasteiger partial charge in [-0.1, -0.05) is 12.1 Å². The summed E-state index contributed by atoms with van der Waals surface area (Å²) in [4.78, 5) is 41.0. The van der Waals surface area contributed by atoms with Crippen molar-refractivity contribution >= 4 is 28.3 Å². The van der Waals surface area contributed by atoms with Crippen molar-refractivity contribution < 1.29 is 9.59 Å². The number of fused-ring (bicyclic) bond motifs is 1. The average Bonchev–Trinajstić information content (AvgIpc) is 2.77. The summed E-state index contributed by atoms with van der Waals surface area (Å²) >= 11 is 0. The molecular weight excluding hydrogens is 378 g/mol. The summed E-state index contributed by atoms with van der Waals surface area (Å²) in [7, 11) is 0. The van der Waals surface area contributed by atoms with Crippen LogP contribution in [0.3, 0.4) is 0 Å². The number of nitrogens with one attached hydrogen (secondary N) is 1. The maximum absolute atomic E-state index is 12.7. The molecule has 1 amide bonds. The normalized spacial score (nSPS) is 18.8. The van der Waals surface area contributed by atoms with Crippen LogP contribution in [0.5, 0.6) is 0 Å². The van der Waals surface area contributed by atoms with E-state index >= 15 is 0 Å². The van der Waals surface area contributed by atoms with Crippen molar-refractivity contribution in [3.8, 4) is 0 Å². The molecule has 2 aromatic carbocycles. The number of rotatable bonds is 5. The van der Waals surface area contributed by atoms with Gasteiger partial charge in [0.15, 0.2) is 5.78 Å². The first-order chi connectivity index (χ1) is 14.5. The number of amides is 1. The van der Waals surface area contributed by atoms with Crippen LogP contribution in [0.4, 0.5) is 5.69 Å². The average molecular weight is 403 g/mol. The van der Waals surface area contributed by atoms with E-state index in [4.69, 9.17) is 0 Å². The molecule has 1 saturated carbocycles. The lowest BCUT2D eigenvalue weighted by molar-refractivity contribution is -0.121. The van der Waals surface area contributed by atoms with Gasteiger partial charge < -0.3 is 5.32 Å². The summed E-state index contributed by atoms with van der Waals surface area (Å²) in [5.74, 6) is 0.366. The van der Waals surface area contributed by atoms with Gasteiger partial charge in [0.25, 0.3) is 5.56 Å². The largest absolute Gasteiger partial charge is 0.326 e. The third kappa shape index (κ3) is 4.32. The van der Waals surface area contributed by atoms with Crippen LogP contribution in [0.15, 0.2) is 59.7 Å². The van der Waals surface area contributed by atoms with Gasteiger partial charge in [0.05, 0.1) is 17.2 Å². The lowest BCUT2D eigenvalue weighted by atomic mass is 9.81. The van der Waals surface area contributed by atoms with Crippen molar-refractivity contribution in [3.05, 3.63) is 70.8 Å². The van der Waals surface area contributed by atoms with Crippen LogP contribution in [0, 0.1) is 11.8 Å². The van der Waals surface area contributed by atoms with Crippen molar-refractivity contribution in [2.45, 2.75) is 39.2 Å². The molecule has 0 atom stereocenters. The van der Waals surface area contributed by atoms with E-state index in [-0.39, 0.29) is 23.2 Å². The zero-order valence-corrected chi connectivity index (χ0v) is 17.0. The Hall–Kier alpha value is -3.28. The summed E-state index contributed by atoms with van der Waals surface area (Å²) in [6.07, 6.45) is 5.05. The number of hydrogen-bond donors (Lipinski definition) is 1. The molecule has 0 bridgehead atoms. The van der Waals surface area contributed by atoms with E-state index in [1.54, 1.807) is 35.2 Å². The molecular formula is C24H25N3O3. The maximum atomic E-state index is 12.7. The Kier molecular flexibility index (Phi) is 5.74. The van der Waals surface area contributed by atoms with Crippen molar-refractivity contribution in [2.75, 3.05) is 5.32 Å². The fourth-order valence-electron chi connectivity index (χ4n) is 4.15. The van der Waals surface area contributed by atoms with Crippen molar-refractivity contribution in [1.82, 2.24) is 9.55 Å².